The third-order valence-corrected chi connectivity index (χ3v) is 4.31. The molecular formula is C19H18N2OS. The number of carbonyl (C=O) groups is 1. The zero-order valence-corrected chi connectivity index (χ0v) is 14.2. The van der Waals surface area contributed by atoms with Crippen LogP contribution < -0.4 is 5.32 Å². The first-order valence-electron chi connectivity index (χ1n) is 7.43. The number of anilines is 1. The number of aryl methyl sites for hydroxylation is 3. The number of rotatable bonds is 3. The molecule has 0 saturated heterocycles. The van der Waals surface area contributed by atoms with Crippen molar-refractivity contribution in [2.24, 2.45) is 0 Å². The fraction of sp³-hybridized carbons (Fsp3) is 0.158. The van der Waals surface area contributed by atoms with E-state index in [0.717, 1.165) is 33.1 Å². The van der Waals surface area contributed by atoms with Crippen LogP contribution in [0.5, 0.6) is 0 Å². The van der Waals surface area contributed by atoms with E-state index in [0.29, 0.717) is 5.56 Å². The number of thiazole rings is 1. The first-order chi connectivity index (χ1) is 11.0. The lowest BCUT2D eigenvalue weighted by atomic mass is 10.1. The summed E-state index contributed by atoms with van der Waals surface area (Å²) in [6.45, 7) is 6.03. The van der Waals surface area contributed by atoms with Crippen molar-refractivity contribution in [3.8, 4) is 11.3 Å². The van der Waals surface area contributed by atoms with Crippen LogP contribution in [0.25, 0.3) is 11.3 Å². The molecule has 23 heavy (non-hydrogen) atoms. The molecule has 1 heterocycles. The number of carbonyl (C=O) groups excluding carboxylic acids is 1. The van der Waals surface area contributed by atoms with Gasteiger partial charge in [-0.15, -0.1) is 11.3 Å². The monoisotopic (exact) mass is 322 g/mol. The summed E-state index contributed by atoms with van der Waals surface area (Å²) < 4.78 is 0. The Labute approximate surface area is 140 Å². The molecule has 3 nitrogen and oxygen atoms in total. The maximum absolute atomic E-state index is 12.4. The minimum Gasteiger partial charge on any atom is -0.322 e. The third-order valence-electron chi connectivity index (χ3n) is 3.54. The van der Waals surface area contributed by atoms with Crippen LogP contribution in [0.3, 0.4) is 0 Å². The Balaban J connectivity index is 1.77. The second-order valence-electron chi connectivity index (χ2n) is 5.66. The van der Waals surface area contributed by atoms with Crippen LogP contribution in [0.2, 0.25) is 0 Å². The summed E-state index contributed by atoms with van der Waals surface area (Å²) in [5, 5.41) is 6.02. The van der Waals surface area contributed by atoms with Gasteiger partial charge in [0.25, 0.3) is 5.91 Å². The average molecular weight is 322 g/mol. The van der Waals surface area contributed by atoms with E-state index in [1.807, 2.05) is 62.5 Å². The topological polar surface area (TPSA) is 42.0 Å². The molecule has 3 aromatic rings. The van der Waals surface area contributed by atoms with Gasteiger partial charge in [-0.25, -0.2) is 4.98 Å². The number of hydrogen-bond donors (Lipinski definition) is 1. The van der Waals surface area contributed by atoms with Gasteiger partial charge >= 0.3 is 0 Å². The molecule has 0 fully saturated rings. The standard InChI is InChI=1S/C19H18N2OS/c1-12-8-13(2)10-17(9-12)21-19(22)16-6-4-15(5-7-16)18-11-23-14(3)20-18/h4-11H,1-3H3,(H,21,22). The van der Waals surface area contributed by atoms with E-state index in [1.165, 1.54) is 0 Å². The lowest BCUT2D eigenvalue weighted by molar-refractivity contribution is 0.102. The van der Waals surface area contributed by atoms with Crippen molar-refractivity contribution < 1.29 is 4.79 Å². The molecule has 0 spiro atoms. The highest BCUT2D eigenvalue weighted by Crippen LogP contribution is 2.22. The molecule has 1 N–H and O–H groups in total. The van der Waals surface area contributed by atoms with Gasteiger partial charge in [0.15, 0.2) is 0 Å². The molecule has 0 aliphatic rings. The van der Waals surface area contributed by atoms with Gasteiger partial charge in [0.2, 0.25) is 0 Å². The Bertz CT molecular complexity index is 830. The zero-order valence-electron chi connectivity index (χ0n) is 13.4. The zero-order chi connectivity index (χ0) is 16.4. The number of nitrogens with zero attached hydrogens (tertiary/aromatic N) is 1. The highest BCUT2D eigenvalue weighted by Gasteiger charge is 2.08. The van der Waals surface area contributed by atoms with Crippen molar-refractivity contribution in [1.29, 1.82) is 0 Å². The molecule has 3 rings (SSSR count). The number of amides is 1. The summed E-state index contributed by atoms with van der Waals surface area (Å²) in [6, 6.07) is 13.6. The van der Waals surface area contributed by atoms with Crippen molar-refractivity contribution >= 4 is 22.9 Å². The minimum absolute atomic E-state index is 0.101. The van der Waals surface area contributed by atoms with Gasteiger partial charge in [0.05, 0.1) is 10.7 Å². The second-order valence-corrected chi connectivity index (χ2v) is 6.72. The van der Waals surface area contributed by atoms with E-state index in [-0.39, 0.29) is 5.91 Å². The highest BCUT2D eigenvalue weighted by molar-refractivity contribution is 7.09. The quantitative estimate of drug-likeness (QED) is 0.738. The predicted molar refractivity (Wildman–Crippen MR) is 96.2 cm³/mol. The molecule has 0 aliphatic heterocycles. The normalized spacial score (nSPS) is 10.6. The van der Waals surface area contributed by atoms with Crippen LogP contribution in [-0.2, 0) is 0 Å². The average Bonchev–Trinajstić information content (AvgIpc) is 2.93. The van der Waals surface area contributed by atoms with Gasteiger partial charge in [-0.3, -0.25) is 4.79 Å². The van der Waals surface area contributed by atoms with Crippen LogP contribution >= 0.6 is 11.3 Å². The third kappa shape index (κ3) is 3.66. The van der Waals surface area contributed by atoms with Crippen molar-refractivity contribution in [3.63, 3.8) is 0 Å². The fourth-order valence-electron chi connectivity index (χ4n) is 2.54. The molecule has 0 atom stereocenters. The maximum Gasteiger partial charge on any atom is 0.255 e. The molecule has 1 amide bonds. The Hall–Kier alpha value is -2.46. The summed E-state index contributed by atoms with van der Waals surface area (Å²) >= 11 is 1.62. The summed E-state index contributed by atoms with van der Waals surface area (Å²) in [4.78, 5) is 16.8. The molecule has 1 aromatic heterocycles. The Morgan fingerprint density at radius 3 is 2.22 bits per heavy atom. The van der Waals surface area contributed by atoms with Crippen molar-refractivity contribution in [3.05, 3.63) is 69.5 Å². The molecule has 0 bridgehead atoms. The second kappa shape index (κ2) is 6.34. The Morgan fingerprint density at radius 1 is 1.00 bits per heavy atom. The van der Waals surface area contributed by atoms with Gasteiger partial charge in [0.1, 0.15) is 0 Å². The summed E-state index contributed by atoms with van der Waals surface area (Å²) in [5.74, 6) is -0.101. The van der Waals surface area contributed by atoms with Crippen LogP contribution in [0.15, 0.2) is 47.8 Å². The maximum atomic E-state index is 12.4. The first kappa shape index (κ1) is 15.4. The van der Waals surface area contributed by atoms with E-state index < -0.39 is 0 Å². The van der Waals surface area contributed by atoms with Gasteiger partial charge < -0.3 is 5.32 Å². The summed E-state index contributed by atoms with van der Waals surface area (Å²) in [5.41, 5.74) is 5.71. The van der Waals surface area contributed by atoms with Gasteiger partial charge in [-0.05, 0) is 56.2 Å². The van der Waals surface area contributed by atoms with Crippen LogP contribution in [0.4, 0.5) is 5.69 Å². The Morgan fingerprint density at radius 2 is 1.65 bits per heavy atom. The molecule has 4 heteroatoms. The van der Waals surface area contributed by atoms with Crippen LogP contribution in [-0.4, -0.2) is 10.9 Å². The van der Waals surface area contributed by atoms with Crippen molar-refractivity contribution in [2.45, 2.75) is 20.8 Å². The molecule has 0 unspecified atom stereocenters. The lowest BCUT2D eigenvalue weighted by Crippen LogP contribution is -2.12. The van der Waals surface area contributed by atoms with E-state index >= 15 is 0 Å². The smallest absolute Gasteiger partial charge is 0.255 e. The van der Waals surface area contributed by atoms with Gasteiger partial charge in [-0.1, -0.05) is 18.2 Å². The Kier molecular flexibility index (Phi) is 4.26. The molecule has 0 radical (unpaired) electrons. The van der Waals surface area contributed by atoms with Crippen LogP contribution in [0.1, 0.15) is 26.5 Å². The lowest BCUT2D eigenvalue weighted by Gasteiger charge is -2.08. The SMILES string of the molecule is Cc1cc(C)cc(NC(=O)c2ccc(-c3csc(C)n3)cc2)c1. The summed E-state index contributed by atoms with van der Waals surface area (Å²) in [6.07, 6.45) is 0. The first-order valence-corrected chi connectivity index (χ1v) is 8.31. The van der Waals surface area contributed by atoms with Crippen LogP contribution in [0, 0.1) is 20.8 Å². The number of nitrogens with one attached hydrogen (secondary N) is 1. The molecule has 0 saturated carbocycles. The largest absolute Gasteiger partial charge is 0.322 e. The van der Waals surface area contributed by atoms with Gasteiger partial charge in [0, 0.05) is 22.2 Å². The van der Waals surface area contributed by atoms with E-state index in [2.05, 4.69) is 16.4 Å². The van der Waals surface area contributed by atoms with E-state index in [4.69, 9.17) is 0 Å². The van der Waals surface area contributed by atoms with Gasteiger partial charge in [-0.2, -0.15) is 0 Å². The van der Waals surface area contributed by atoms with Crippen molar-refractivity contribution in [1.82, 2.24) is 4.98 Å². The molecule has 116 valence electrons. The van der Waals surface area contributed by atoms with E-state index in [1.54, 1.807) is 11.3 Å². The number of hydrogen-bond acceptors (Lipinski definition) is 3. The summed E-state index contributed by atoms with van der Waals surface area (Å²) in [7, 11) is 0. The highest BCUT2D eigenvalue weighted by atomic mass is 32.1. The van der Waals surface area contributed by atoms with Crippen molar-refractivity contribution in [2.75, 3.05) is 5.32 Å². The van der Waals surface area contributed by atoms with E-state index in [9.17, 15) is 4.79 Å². The number of aromatic nitrogens is 1. The number of benzene rings is 2. The molecule has 2 aromatic carbocycles. The molecule has 0 aliphatic carbocycles. The minimum atomic E-state index is -0.101. The fourth-order valence-corrected chi connectivity index (χ4v) is 3.16. The molecular weight excluding hydrogens is 304 g/mol. The predicted octanol–water partition coefficient (Wildman–Crippen LogP) is 4.99.